The number of carbonyl (C=O) groups is 1. The molecule has 1 N–H and O–H groups in total. The first-order chi connectivity index (χ1) is 15.1. The monoisotopic (exact) mass is 422 g/mol. The van der Waals surface area contributed by atoms with Gasteiger partial charge < -0.3 is 13.9 Å². The average molecular weight is 422 g/mol. The number of hydrogen-bond acceptors (Lipinski definition) is 6. The topological polar surface area (TPSA) is 91.4 Å². The van der Waals surface area contributed by atoms with Crippen LogP contribution in [0.4, 0.5) is 10.3 Å². The van der Waals surface area contributed by atoms with Gasteiger partial charge in [0.05, 0.1) is 13.7 Å². The molecule has 0 fully saturated rings. The SMILES string of the molecule is COc1cccc(OCc2ccc(C(=O)Nc3ncn(Cc4ccccc4F)n3)o2)c1. The van der Waals surface area contributed by atoms with Gasteiger partial charge in [0, 0.05) is 11.6 Å². The predicted molar refractivity (Wildman–Crippen MR) is 110 cm³/mol. The second kappa shape index (κ2) is 9.12. The molecule has 0 saturated carbocycles. The maximum absolute atomic E-state index is 13.8. The minimum Gasteiger partial charge on any atom is -0.497 e. The molecule has 4 rings (SSSR count). The van der Waals surface area contributed by atoms with E-state index in [0.717, 1.165) is 0 Å². The van der Waals surface area contributed by atoms with E-state index in [4.69, 9.17) is 13.9 Å². The van der Waals surface area contributed by atoms with Crippen LogP contribution in [0.15, 0.2) is 71.4 Å². The van der Waals surface area contributed by atoms with E-state index in [9.17, 15) is 9.18 Å². The minimum atomic E-state index is -0.503. The Kier molecular flexibility index (Phi) is 5.93. The second-order valence-electron chi connectivity index (χ2n) is 6.54. The van der Waals surface area contributed by atoms with Crippen molar-refractivity contribution < 1.29 is 23.1 Å². The number of ether oxygens (including phenoxy) is 2. The Morgan fingerprint density at radius 1 is 1.13 bits per heavy atom. The first kappa shape index (κ1) is 20.1. The number of hydrogen-bond donors (Lipinski definition) is 1. The summed E-state index contributed by atoms with van der Waals surface area (Å²) in [4.78, 5) is 16.4. The van der Waals surface area contributed by atoms with E-state index < -0.39 is 5.91 Å². The number of carbonyl (C=O) groups excluding carboxylic acids is 1. The molecule has 31 heavy (non-hydrogen) atoms. The molecule has 0 unspecified atom stereocenters. The fraction of sp³-hybridized carbons (Fsp3) is 0.136. The van der Waals surface area contributed by atoms with Crippen molar-refractivity contribution in [2.45, 2.75) is 13.2 Å². The predicted octanol–water partition coefficient (Wildman–Crippen LogP) is 3.90. The zero-order valence-electron chi connectivity index (χ0n) is 16.6. The number of amides is 1. The number of nitrogens with one attached hydrogen (secondary N) is 1. The minimum absolute atomic E-state index is 0.0897. The smallest absolute Gasteiger partial charge is 0.293 e. The van der Waals surface area contributed by atoms with Gasteiger partial charge in [0.15, 0.2) is 5.76 Å². The number of aromatic nitrogens is 3. The van der Waals surface area contributed by atoms with Crippen molar-refractivity contribution in [3.05, 3.63) is 89.9 Å². The van der Waals surface area contributed by atoms with Crippen LogP contribution >= 0.6 is 0 Å². The van der Waals surface area contributed by atoms with Gasteiger partial charge in [-0.05, 0) is 30.3 Å². The van der Waals surface area contributed by atoms with Crippen LogP contribution in [0.1, 0.15) is 21.9 Å². The molecule has 0 aliphatic heterocycles. The molecule has 2 aromatic carbocycles. The van der Waals surface area contributed by atoms with Crippen LogP contribution in [-0.2, 0) is 13.2 Å². The van der Waals surface area contributed by atoms with Gasteiger partial charge in [0.25, 0.3) is 5.91 Å². The molecular formula is C22H19FN4O4. The molecule has 8 nitrogen and oxygen atoms in total. The number of furan rings is 1. The quantitative estimate of drug-likeness (QED) is 0.463. The van der Waals surface area contributed by atoms with Gasteiger partial charge in [0.2, 0.25) is 5.95 Å². The van der Waals surface area contributed by atoms with Crippen LogP contribution in [0, 0.1) is 5.82 Å². The molecule has 0 atom stereocenters. The maximum Gasteiger partial charge on any atom is 0.293 e. The third kappa shape index (κ3) is 5.08. The van der Waals surface area contributed by atoms with Crippen molar-refractivity contribution in [3.63, 3.8) is 0 Å². The Bertz CT molecular complexity index is 1190. The fourth-order valence-electron chi connectivity index (χ4n) is 2.82. The van der Waals surface area contributed by atoms with Crippen LogP contribution in [0.25, 0.3) is 0 Å². The van der Waals surface area contributed by atoms with Crippen molar-refractivity contribution in [1.29, 1.82) is 0 Å². The summed E-state index contributed by atoms with van der Waals surface area (Å²) in [6, 6.07) is 16.8. The Balaban J connectivity index is 1.34. The van der Waals surface area contributed by atoms with Gasteiger partial charge >= 0.3 is 0 Å². The fourth-order valence-corrected chi connectivity index (χ4v) is 2.82. The lowest BCUT2D eigenvalue weighted by atomic mass is 10.2. The van der Waals surface area contributed by atoms with Crippen LogP contribution < -0.4 is 14.8 Å². The number of rotatable bonds is 8. The Hall–Kier alpha value is -4.14. The highest BCUT2D eigenvalue weighted by molar-refractivity contribution is 6.01. The highest BCUT2D eigenvalue weighted by atomic mass is 19.1. The van der Waals surface area contributed by atoms with Gasteiger partial charge in [-0.1, -0.05) is 24.3 Å². The molecule has 9 heteroatoms. The molecule has 0 saturated heterocycles. The summed E-state index contributed by atoms with van der Waals surface area (Å²) in [5, 5.41) is 6.69. The number of nitrogens with zero attached hydrogens (tertiary/aromatic N) is 3. The highest BCUT2D eigenvalue weighted by Crippen LogP contribution is 2.20. The van der Waals surface area contributed by atoms with Gasteiger partial charge in [-0.15, -0.1) is 5.10 Å². The molecule has 2 heterocycles. The van der Waals surface area contributed by atoms with E-state index in [1.54, 1.807) is 43.5 Å². The summed E-state index contributed by atoms with van der Waals surface area (Å²) in [5.74, 6) is 1.12. The molecular weight excluding hydrogens is 403 g/mol. The number of benzene rings is 2. The van der Waals surface area contributed by atoms with Gasteiger partial charge in [-0.2, -0.15) is 0 Å². The zero-order chi connectivity index (χ0) is 21.6. The number of anilines is 1. The van der Waals surface area contributed by atoms with Crippen molar-refractivity contribution in [2.75, 3.05) is 12.4 Å². The van der Waals surface area contributed by atoms with E-state index in [1.807, 2.05) is 12.1 Å². The molecule has 0 radical (unpaired) electrons. The summed E-state index contributed by atoms with van der Waals surface area (Å²) >= 11 is 0. The summed E-state index contributed by atoms with van der Waals surface area (Å²) in [5.41, 5.74) is 0.469. The molecule has 0 aliphatic rings. The lowest BCUT2D eigenvalue weighted by Crippen LogP contribution is -2.12. The summed E-state index contributed by atoms with van der Waals surface area (Å²) in [6.07, 6.45) is 1.41. The van der Waals surface area contributed by atoms with Crippen molar-refractivity contribution in [3.8, 4) is 11.5 Å². The van der Waals surface area contributed by atoms with Gasteiger partial charge in [-0.25, -0.2) is 14.1 Å². The van der Waals surface area contributed by atoms with Gasteiger partial charge in [0.1, 0.15) is 36.0 Å². The van der Waals surface area contributed by atoms with Crippen molar-refractivity contribution in [2.24, 2.45) is 0 Å². The van der Waals surface area contributed by atoms with E-state index in [-0.39, 0.29) is 30.7 Å². The Morgan fingerprint density at radius 2 is 1.97 bits per heavy atom. The van der Waals surface area contributed by atoms with Crippen LogP contribution in [-0.4, -0.2) is 27.8 Å². The third-order valence-corrected chi connectivity index (χ3v) is 4.36. The van der Waals surface area contributed by atoms with Crippen molar-refractivity contribution >= 4 is 11.9 Å². The third-order valence-electron chi connectivity index (χ3n) is 4.36. The highest BCUT2D eigenvalue weighted by Gasteiger charge is 2.14. The van der Waals surface area contributed by atoms with E-state index in [2.05, 4.69) is 15.4 Å². The molecule has 158 valence electrons. The molecule has 1 amide bonds. The maximum atomic E-state index is 13.8. The molecule has 0 spiro atoms. The van der Waals surface area contributed by atoms with E-state index >= 15 is 0 Å². The van der Waals surface area contributed by atoms with Crippen LogP contribution in [0.2, 0.25) is 0 Å². The molecule has 0 bridgehead atoms. The van der Waals surface area contributed by atoms with Gasteiger partial charge in [-0.3, -0.25) is 10.1 Å². The van der Waals surface area contributed by atoms with E-state index in [1.165, 1.54) is 23.1 Å². The Labute approximate surface area is 177 Å². The number of methoxy groups -OCH3 is 1. The largest absolute Gasteiger partial charge is 0.497 e. The summed E-state index contributed by atoms with van der Waals surface area (Å²) < 4.78 is 31.5. The summed E-state index contributed by atoms with van der Waals surface area (Å²) in [7, 11) is 1.58. The van der Waals surface area contributed by atoms with Crippen LogP contribution in [0.3, 0.4) is 0 Å². The van der Waals surface area contributed by atoms with Crippen LogP contribution in [0.5, 0.6) is 11.5 Å². The van der Waals surface area contributed by atoms with E-state index in [0.29, 0.717) is 22.8 Å². The standard InChI is InChI=1S/C22H19FN4O4/c1-29-16-6-4-7-17(11-16)30-13-18-9-10-20(31-18)21(28)25-22-24-14-27(26-22)12-15-5-2-3-8-19(15)23/h2-11,14H,12-13H2,1H3,(H,25,26,28). The first-order valence-corrected chi connectivity index (χ1v) is 9.40. The molecule has 0 aliphatic carbocycles. The molecule has 2 aromatic heterocycles. The lowest BCUT2D eigenvalue weighted by molar-refractivity contribution is 0.0991. The number of halogens is 1. The first-order valence-electron chi connectivity index (χ1n) is 9.40. The molecule has 4 aromatic rings. The normalized spacial score (nSPS) is 10.6. The summed E-state index contributed by atoms with van der Waals surface area (Å²) in [6.45, 7) is 0.345. The average Bonchev–Trinajstić information content (AvgIpc) is 3.44. The second-order valence-corrected chi connectivity index (χ2v) is 6.54. The Morgan fingerprint density at radius 3 is 2.81 bits per heavy atom. The lowest BCUT2D eigenvalue weighted by Gasteiger charge is -2.06. The zero-order valence-corrected chi connectivity index (χ0v) is 16.6. The van der Waals surface area contributed by atoms with Crippen molar-refractivity contribution in [1.82, 2.24) is 14.8 Å².